The van der Waals surface area contributed by atoms with Gasteiger partial charge in [0.15, 0.2) is 0 Å². The first kappa shape index (κ1) is 21.1. The van der Waals surface area contributed by atoms with E-state index in [-0.39, 0.29) is 0 Å². The normalized spacial score (nSPS) is 17.4. The second kappa shape index (κ2) is 13.8. The van der Waals surface area contributed by atoms with E-state index in [4.69, 9.17) is 5.11 Å². The molecule has 0 aromatic rings. The largest absolute Gasteiger partial charge is 0.394 e. The number of hydrogen-bond donors (Lipinski definition) is 5. The van der Waals surface area contributed by atoms with Crippen LogP contribution in [0.1, 0.15) is 51.9 Å². The van der Waals surface area contributed by atoms with Gasteiger partial charge in [0.1, 0.15) is 18.3 Å². The lowest BCUT2D eigenvalue weighted by Crippen LogP contribution is -2.46. The van der Waals surface area contributed by atoms with Crippen molar-refractivity contribution in [2.75, 3.05) is 18.1 Å². The van der Waals surface area contributed by atoms with Crippen LogP contribution in [0.5, 0.6) is 0 Å². The van der Waals surface area contributed by atoms with Gasteiger partial charge in [-0.2, -0.15) is 11.8 Å². The van der Waals surface area contributed by atoms with Gasteiger partial charge in [-0.25, -0.2) is 0 Å². The molecule has 4 atom stereocenters. The minimum Gasteiger partial charge on any atom is -0.394 e. The Labute approximate surface area is 132 Å². The average Bonchev–Trinajstić information content (AvgIpc) is 2.50. The highest BCUT2D eigenvalue weighted by atomic mass is 32.2. The molecule has 0 spiro atoms. The van der Waals surface area contributed by atoms with Gasteiger partial charge in [0, 0.05) is 5.75 Å². The third-order valence-electron chi connectivity index (χ3n) is 3.51. The van der Waals surface area contributed by atoms with E-state index in [1.807, 2.05) is 0 Å². The van der Waals surface area contributed by atoms with Crippen LogP contribution in [-0.4, -0.2) is 68.1 Å². The molecule has 21 heavy (non-hydrogen) atoms. The Bertz CT molecular complexity index is 230. The Kier molecular flexibility index (Phi) is 13.9. The fourth-order valence-corrected chi connectivity index (χ4v) is 3.04. The van der Waals surface area contributed by atoms with Crippen molar-refractivity contribution in [2.45, 2.75) is 76.3 Å². The fraction of sp³-hybridized carbons (Fsp3) is 1.00. The summed E-state index contributed by atoms with van der Waals surface area (Å²) in [4.78, 5) is 0. The van der Waals surface area contributed by atoms with Crippen molar-refractivity contribution in [1.29, 1.82) is 0 Å². The van der Waals surface area contributed by atoms with Gasteiger partial charge in [0.25, 0.3) is 0 Å². The molecule has 0 rings (SSSR count). The lowest BCUT2D eigenvalue weighted by Gasteiger charge is -2.25. The van der Waals surface area contributed by atoms with Crippen molar-refractivity contribution in [3.8, 4) is 0 Å². The van der Waals surface area contributed by atoms with E-state index in [9.17, 15) is 20.4 Å². The Hall–Kier alpha value is 0.150. The lowest BCUT2D eigenvalue weighted by molar-refractivity contribution is -0.109. The van der Waals surface area contributed by atoms with Crippen LogP contribution in [0.15, 0.2) is 0 Å². The third kappa shape index (κ3) is 10.5. The number of aliphatic hydroxyl groups excluding tert-OH is 5. The zero-order valence-corrected chi connectivity index (χ0v) is 13.8. The smallest absolute Gasteiger partial charge is 0.111 e. The van der Waals surface area contributed by atoms with Crippen molar-refractivity contribution >= 4 is 11.8 Å². The van der Waals surface area contributed by atoms with E-state index in [1.165, 1.54) is 50.3 Å². The maximum absolute atomic E-state index is 9.71. The molecule has 128 valence electrons. The van der Waals surface area contributed by atoms with E-state index >= 15 is 0 Å². The Morgan fingerprint density at radius 1 is 0.762 bits per heavy atom. The Morgan fingerprint density at radius 2 is 1.29 bits per heavy atom. The van der Waals surface area contributed by atoms with E-state index in [0.717, 1.165) is 12.2 Å². The van der Waals surface area contributed by atoms with Crippen molar-refractivity contribution in [3.63, 3.8) is 0 Å². The molecule has 0 unspecified atom stereocenters. The van der Waals surface area contributed by atoms with Gasteiger partial charge < -0.3 is 25.5 Å². The summed E-state index contributed by atoms with van der Waals surface area (Å²) in [5.41, 5.74) is 0. The topological polar surface area (TPSA) is 101 Å². The van der Waals surface area contributed by atoms with Gasteiger partial charge in [-0.3, -0.25) is 0 Å². The van der Waals surface area contributed by atoms with Crippen molar-refractivity contribution in [2.24, 2.45) is 0 Å². The van der Waals surface area contributed by atoms with Gasteiger partial charge in [-0.1, -0.05) is 45.4 Å². The number of rotatable bonds is 14. The highest BCUT2D eigenvalue weighted by Crippen LogP contribution is 2.14. The molecule has 0 aliphatic carbocycles. The summed E-state index contributed by atoms with van der Waals surface area (Å²) in [6.07, 6.45) is 3.17. The van der Waals surface area contributed by atoms with Crippen LogP contribution >= 0.6 is 11.8 Å². The summed E-state index contributed by atoms with van der Waals surface area (Å²) in [6.45, 7) is 1.56. The molecule has 0 aromatic carbocycles. The van der Waals surface area contributed by atoms with Crippen LogP contribution in [0.25, 0.3) is 0 Å². The molecule has 5 N–H and O–H groups in total. The van der Waals surface area contributed by atoms with Gasteiger partial charge >= 0.3 is 0 Å². The van der Waals surface area contributed by atoms with Crippen LogP contribution < -0.4 is 0 Å². The van der Waals surface area contributed by atoms with Crippen LogP contribution in [0.3, 0.4) is 0 Å². The SMILES string of the molecule is CCCCCCCCCSC[C@@H](O)[C@H](O)[C@H](O)[C@@H](O)CO. The highest BCUT2D eigenvalue weighted by Gasteiger charge is 2.29. The van der Waals surface area contributed by atoms with Gasteiger partial charge in [-0.15, -0.1) is 0 Å². The first-order chi connectivity index (χ1) is 10.0. The molecule has 6 heteroatoms. The summed E-state index contributed by atoms with van der Waals surface area (Å²) in [6, 6.07) is 0. The maximum atomic E-state index is 9.71. The second-order valence-electron chi connectivity index (χ2n) is 5.49. The standard InChI is InChI=1S/C15H32O5S/c1-2-3-4-5-6-7-8-9-21-11-13(18)15(20)14(19)12(17)10-16/h12-20H,2-11H2,1H3/t12-,13+,14+,15-/m0/s1. The summed E-state index contributed by atoms with van der Waals surface area (Å²) in [5.74, 6) is 1.22. The van der Waals surface area contributed by atoms with Crippen LogP contribution in [0, 0.1) is 0 Å². The molecule has 0 radical (unpaired) electrons. The summed E-state index contributed by atoms with van der Waals surface area (Å²) in [5, 5.41) is 46.7. The average molecular weight is 324 g/mol. The molecule has 0 fully saturated rings. The third-order valence-corrected chi connectivity index (χ3v) is 4.66. The quantitative estimate of drug-likeness (QED) is 0.304. The molecule has 0 aliphatic rings. The van der Waals surface area contributed by atoms with E-state index < -0.39 is 31.0 Å². The van der Waals surface area contributed by atoms with Crippen molar-refractivity contribution < 1.29 is 25.5 Å². The van der Waals surface area contributed by atoms with E-state index in [0.29, 0.717) is 5.75 Å². The lowest BCUT2D eigenvalue weighted by atomic mass is 10.0. The number of unbranched alkanes of at least 4 members (excludes halogenated alkanes) is 6. The molecular formula is C15H32O5S. The highest BCUT2D eigenvalue weighted by molar-refractivity contribution is 7.99. The summed E-state index contributed by atoms with van der Waals surface area (Å²) < 4.78 is 0. The number of hydrogen-bond acceptors (Lipinski definition) is 6. The maximum Gasteiger partial charge on any atom is 0.111 e. The molecule has 0 aliphatic heterocycles. The van der Waals surface area contributed by atoms with Crippen molar-refractivity contribution in [3.05, 3.63) is 0 Å². The molecule has 0 amide bonds. The molecular weight excluding hydrogens is 292 g/mol. The van der Waals surface area contributed by atoms with Crippen molar-refractivity contribution in [1.82, 2.24) is 0 Å². The molecule has 5 nitrogen and oxygen atoms in total. The van der Waals surface area contributed by atoms with Crippen LogP contribution in [0.4, 0.5) is 0 Å². The molecule has 0 aromatic heterocycles. The zero-order chi connectivity index (χ0) is 16.1. The fourth-order valence-electron chi connectivity index (χ4n) is 2.03. The van der Waals surface area contributed by atoms with Crippen LogP contribution in [0.2, 0.25) is 0 Å². The molecule has 0 saturated carbocycles. The Morgan fingerprint density at radius 3 is 1.86 bits per heavy atom. The van der Waals surface area contributed by atoms with Crippen LogP contribution in [-0.2, 0) is 0 Å². The predicted molar refractivity (Wildman–Crippen MR) is 86.4 cm³/mol. The van der Waals surface area contributed by atoms with E-state index in [1.54, 1.807) is 0 Å². The summed E-state index contributed by atoms with van der Waals surface area (Å²) in [7, 11) is 0. The molecule has 0 saturated heterocycles. The van der Waals surface area contributed by atoms with E-state index in [2.05, 4.69) is 6.92 Å². The molecule has 0 heterocycles. The number of aliphatic hydroxyl groups is 5. The van der Waals surface area contributed by atoms with Gasteiger partial charge in [0.05, 0.1) is 12.7 Å². The van der Waals surface area contributed by atoms with Gasteiger partial charge in [-0.05, 0) is 12.2 Å². The molecule has 0 bridgehead atoms. The van der Waals surface area contributed by atoms with Gasteiger partial charge in [0.2, 0.25) is 0 Å². The first-order valence-corrected chi connectivity index (χ1v) is 9.10. The Balaban J connectivity index is 3.54. The predicted octanol–water partition coefficient (Wildman–Crippen LogP) is 0.906. The first-order valence-electron chi connectivity index (χ1n) is 7.95. The zero-order valence-electron chi connectivity index (χ0n) is 13.0. The minimum atomic E-state index is -1.52. The summed E-state index contributed by atoms with van der Waals surface area (Å²) >= 11 is 1.53. The second-order valence-corrected chi connectivity index (χ2v) is 6.64. The monoisotopic (exact) mass is 324 g/mol. The number of thioether (sulfide) groups is 1. The minimum absolute atomic E-state index is 0.312.